The predicted octanol–water partition coefficient (Wildman–Crippen LogP) is 5.74. The molecule has 0 aliphatic heterocycles. The van der Waals surface area contributed by atoms with Crippen molar-refractivity contribution in [3.63, 3.8) is 0 Å². The van der Waals surface area contributed by atoms with Crippen molar-refractivity contribution in [2.45, 2.75) is 72.9 Å². The molecule has 2 aromatic rings. The molecule has 1 aromatic carbocycles. The van der Waals surface area contributed by atoms with Gasteiger partial charge >= 0.3 is 6.18 Å². The summed E-state index contributed by atoms with van der Waals surface area (Å²) >= 11 is 0. The highest BCUT2D eigenvalue weighted by molar-refractivity contribution is 6.06. The van der Waals surface area contributed by atoms with E-state index < -0.39 is 17.6 Å². The first-order valence-electron chi connectivity index (χ1n) is 10.7. The summed E-state index contributed by atoms with van der Waals surface area (Å²) in [6, 6.07) is 2.15. The number of rotatable bonds is 7. The van der Waals surface area contributed by atoms with Crippen LogP contribution in [0, 0.1) is 13.8 Å². The van der Waals surface area contributed by atoms with Crippen LogP contribution < -0.4 is 10.7 Å². The number of aryl methyl sites for hydroxylation is 2. The van der Waals surface area contributed by atoms with Crippen molar-refractivity contribution < 1.29 is 18.0 Å². The molecular weight excluding hydrogens is 405 g/mol. The first kappa shape index (κ1) is 24.7. The maximum Gasteiger partial charge on any atom is 0.416 e. The summed E-state index contributed by atoms with van der Waals surface area (Å²) in [5.74, 6) is -0.570. The molecule has 7 heteroatoms. The van der Waals surface area contributed by atoms with Gasteiger partial charge in [0.1, 0.15) is 5.56 Å². The molecular formula is C24H31F3N2O2. The van der Waals surface area contributed by atoms with Crippen LogP contribution in [0.2, 0.25) is 0 Å². The third kappa shape index (κ3) is 5.02. The summed E-state index contributed by atoms with van der Waals surface area (Å²) in [5, 5.41) is 2.79. The Kier molecular flexibility index (Phi) is 7.73. The van der Waals surface area contributed by atoms with Crippen LogP contribution in [-0.2, 0) is 32.5 Å². The van der Waals surface area contributed by atoms with Crippen molar-refractivity contribution in [3.8, 4) is 0 Å². The van der Waals surface area contributed by atoms with Crippen LogP contribution in [0.25, 0.3) is 0 Å². The van der Waals surface area contributed by atoms with Crippen molar-refractivity contribution in [1.29, 1.82) is 0 Å². The van der Waals surface area contributed by atoms with E-state index in [2.05, 4.69) is 5.32 Å². The summed E-state index contributed by atoms with van der Waals surface area (Å²) in [5.41, 5.74) is 2.11. The molecule has 0 saturated carbocycles. The standard InChI is InChI=1S/C24H31F3N2O2/c1-7-10-11-19-20(22(30)14(4)15(5)29(19)6)23(31)28-21-16(8-2)12-18(24(25,26)27)13-17(21)9-3/h12-13H,7-11H2,1-6H3,(H,28,31). The average Bonchev–Trinajstić information content (AvgIpc) is 2.72. The van der Waals surface area contributed by atoms with E-state index in [1.807, 2.05) is 25.5 Å². The summed E-state index contributed by atoms with van der Waals surface area (Å²) in [7, 11) is 1.83. The van der Waals surface area contributed by atoms with Gasteiger partial charge in [0.25, 0.3) is 5.91 Å². The van der Waals surface area contributed by atoms with E-state index in [-0.39, 0.29) is 11.0 Å². The van der Waals surface area contributed by atoms with Crippen LogP contribution in [0.1, 0.15) is 77.6 Å². The molecule has 0 atom stereocenters. The van der Waals surface area contributed by atoms with Gasteiger partial charge < -0.3 is 9.88 Å². The zero-order valence-corrected chi connectivity index (χ0v) is 19.1. The number of aromatic nitrogens is 1. The zero-order valence-electron chi connectivity index (χ0n) is 19.1. The van der Waals surface area contributed by atoms with E-state index >= 15 is 0 Å². The Bertz CT molecular complexity index is 1010. The molecule has 0 fully saturated rings. The second kappa shape index (κ2) is 9.71. The molecule has 31 heavy (non-hydrogen) atoms. The van der Waals surface area contributed by atoms with Gasteiger partial charge in [0.05, 0.1) is 5.56 Å². The summed E-state index contributed by atoms with van der Waals surface area (Å²) in [6.07, 6.45) is -1.54. The number of carbonyl (C=O) groups excluding carboxylic acids is 1. The Labute approximate surface area is 181 Å². The number of unbranched alkanes of at least 4 members (excludes halogenated alkanes) is 1. The Hall–Kier alpha value is -2.57. The molecule has 0 unspecified atom stereocenters. The number of halogens is 3. The van der Waals surface area contributed by atoms with Crippen LogP contribution in [0.4, 0.5) is 18.9 Å². The Morgan fingerprint density at radius 2 is 1.61 bits per heavy atom. The molecule has 1 aromatic heterocycles. The first-order chi connectivity index (χ1) is 14.5. The molecule has 0 aliphatic rings. The Balaban J connectivity index is 2.64. The normalized spacial score (nSPS) is 11.6. The van der Waals surface area contributed by atoms with E-state index in [1.54, 1.807) is 20.8 Å². The molecule has 1 amide bonds. The van der Waals surface area contributed by atoms with Crippen molar-refractivity contribution >= 4 is 11.6 Å². The van der Waals surface area contributed by atoms with Gasteiger partial charge in [-0.05, 0) is 62.8 Å². The minimum Gasteiger partial charge on any atom is -0.351 e. The summed E-state index contributed by atoms with van der Waals surface area (Å²) in [4.78, 5) is 26.3. The smallest absolute Gasteiger partial charge is 0.351 e. The number of amides is 1. The van der Waals surface area contributed by atoms with Gasteiger partial charge in [0.2, 0.25) is 0 Å². The van der Waals surface area contributed by atoms with Crippen molar-refractivity contribution in [2.24, 2.45) is 7.05 Å². The number of benzene rings is 1. The highest BCUT2D eigenvalue weighted by atomic mass is 19.4. The third-order valence-corrected chi connectivity index (χ3v) is 5.93. The van der Waals surface area contributed by atoms with E-state index in [9.17, 15) is 22.8 Å². The van der Waals surface area contributed by atoms with Gasteiger partial charge in [-0.3, -0.25) is 9.59 Å². The van der Waals surface area contributed by atoms with Crippen LogP contribution >= 0.6 is 0 Å². The van der Waals surface area contributed by atoms with E-state index in [0.717, 1.165) is 30.7 Å². The van der Waals surface area contributed by atoms with Crippen molar-refractivity contribution in [3.05, 3.63) is 61.6 Å². The molecule has 0 aliphatic carbocycles. The van der Waals surface area contributed by atoms with E-state index in [1.165, 1.54) is 0 Å². The van der Waals surface area contributed by atoms with Gasteiger partial charge in [-0.15, -0.1) is 0 Å². The van der Waals surface area contributed by atoms with Gasteiger partial charge in [-0.25, -0.2) is 0 Å². The first-order valence-corrected chi connectivity index (χ1v) is 10.7. The topological polar surface area (TPSA) is 51.1 Å². The minimum atomic E-state index is -4.46. The lowest BCUT2D eigenvalue weighted by molar-refractivity contribution is -0.137. The number of anilines is 1. The monoisotopic (exact) mass is 436 g/mol. The number of alkyl halides is 3. The van der Waals surface area contributed by atoms with Crippen LogP contribution in [0.3, 0.4) is 0 Å². The minimum absolute atomic E-state index is 0.0723. The van der Waals surface area contributed by atoms with Crippen LogP contribution in [0.15, 0.2) is 16.9 Å². The molecule has 1 heterocycles. The number of nitrogens with one attached hydrogen (secondary N) is 1. The fraction of sp³-hybridized carbons (Fsp3) is 0.500. The Morgan fingerprint density at radius 3 is 2.06 bits per heavy atom. The maximum absolute atomic E-state index is 13.3. The molecule has 170 valence electrons. The number of carbonyl (C=O) groups is 1. The number of hydrogen-bond donors (Lipinski definition) is 1. The molecule has 0 bridgehead atoms. The molecule has 2 rings (SSSR count). The summed E-state index contributed by atoms with van der Waals surface area (Å²) < 4.78 is 41.8. The average molecular weight is 437 g/mol. The van der Waals surface area contributed by atoms with Gasteiger partial charge in [-0.2, -0.15) is 13.2 Å². The highest BCUT2D eigenvalue weighted by Gasteiger charge is 2.32. The van der Waals surface area contributed by atoms with Gasteiger partial charge in [-0.1, -0.05) is 27.2 Å². The number of pyridine rings is 1. The third-order valence-electron chi connectivity index (χ3n) is 5.93. The predicted molar refractivity (Wildman–Crippen MR) is 118 cm³/mol. The molecule has 4 nitrogen and oxygen atoms in total. The quantitative estimate of drug-likeness (QED) is 0.602. The Morgan fingerprint density at radius 1 is 1.06 bits per heavy atom. The fourth-order valence-electron chi connectivity index (χ4n) is 3.80. The maximum atomic E-state index is 13.3. The lowest BCUT2D eigenvalue weighted by Gasteiger charge is -2.21. The van der Waals surface area contributed by atoms with Gasteiger partial charge in [0, 0.05) is 29.7 Å². The lowest BCUT2D eigenvalue weighted by Crippen LogP contribution is -2.30. The second-order valence-corrected chi connectivity index (χ2v) is 7.85. The number of hydrogen-bond acceptors (Lipinski definition) is 2. The summed E-state index contributed by atoms with van der Waals surface area (Å²) in [6.45, 7) is 9.04. The molecule has 0 spiro atoms. The largest absolute Gasteiger partial charge is 0.416 e. The van der Waals surface area contributed by atoms with E-state index in [4.69, 9.17) is 0 Å². The zero-order chi connectivity index (χ0) is 23.5. The van der Waals surface area contributed by atoms with Crippen molar-refractivity contribution in [2.75, 3.05) is 5.32 Å². The molecule has 1 N–H and O–H groups in total. The van der Waals surface area contributed by atoms with Crippen molar-refractivity contribution in [1.82, 2.24) is 4.57 Å². The second-order valence-electron chi connectivity index (χ2n) is 7.85. The van der Waals surface area contributed by atoms with Crippen LogP contribution in [0.5, 0.6) is 0 Å². The van der Waals surface area contributed by atoms with Crippen LogP contribution in [-0.4, -0.2) is 10.5 Å². The van der Waals surface area contributed by atoms with Gasteiger partial charge in [0.15, 0.2) is 5.43 Å². The molecule has 0 radical (unpaired) electrons. The molecule has 0 saturated heterocycles. The SMILES string of the molecule is CCCCc1c(C(=O)Nc2c(CC)cc(C(F)(F)F)cc2CC)c(=O)c(C)c(C)n1C. The number of nitrogens with zero attached hydrogens (tertiary/aromatic N) is 1. The lowest BCUT2D eigenvalue weighted by atomic mass is 9.97. The van der Waals surface area contributed by atoms with E-state index in [0.29, 0.717) is 47.3 Å². The highest BCUT2D eigenvalue weighted by Crippen LogP contribution is 2.35. The fourth-order valence-corrected chi connectivity index (χ4v) is 3.80.